The van der Waals surface area contributed by atoms with E-state index in [1.807, 2.05) is 0 Å². The largest absolute Gasteiger partial charge is 0.504 e. The van der Waals surface area contributed by atoms with E-state index in [2.05, 4.69) is 26.5 Å². The van der Waals surface area contributed by atoms with E-state index in [0.29, 0.717) is 27.0 Å². The van der Waals surface area contributed by atoms with Crippen molar-refractivity contribution in [2.75, 3.05) is 12.8 Å². The zero-order chi connectivity index (χ0) is 16.1. The van der Waals surface area contributed by atoms with Gasteiger partial charge in [-0.25, -0.2) is 5.43 Å². The molecule has 22 heavy (non-hydrogen) atoms. The molecule has 0 saturated heterocycles. The number of aromatic hydroxyl groups is 1. The van der Waals surface area contributed by atoms with Gasteiger partial charge in [-0.3, -0.25) is 4.79 Å². The topological polar surface area (TPSA) is 96.9 Å². The molecule has 0 atom stereocenters. The van der Waals surface area contributed by atoms with Gasteiger partial charge in [0, 0.05) is 21.3 Å². The molecular weight excluding hydrogens is 350 g/mol. The van der Waals surface area contributed by atoms with Gasteiger partial charge in [0.2, 0.25) is 0 Å². The van der Waals surface area contributed by atoms with Gasteiger partial charge in [0.1, 0.15) is 0 Å². The van der Waals surface area contributed by atoms with Crippen molar-refractivity contribution in [2.45, 2.75) is 0 Å². The van der Waals surface area contributed by atoms with Gasteiger partial charge in [-0.1, -0.05) is 22.0 Å². The normalized spacial score (nSPS) is 10.6. The molecule has 0 heterocycles. The zero-order valence-corrected chi connectivity index (χ0v) is 13.3. The van der Waals surface area contributed by atoms with Crippen LogP contribution in [0.3, 0.4) is 0 Å². The molecule has 0 aliphatic carbocycles. The molecule has 2 aromatic rings. The van der Waals surface area contributed by atoms with Gasteiger partial charge in [-0.2, -0.15) is 5.10 Å². The molecule has 0 aliphatic heterocycles. The Bertz CT molecular complexity index is 732. The van der Waals surface area contributed by atoms with Gasteiger partial charge in [0.25, 0.3) is 5.91 Å². The SMILES string of the molecule is COc1cc(Br)cc(/C=N\NC(=O)c2cccc(N)c2)c1O. The number of carbonyl (C=O) groups is 1. The Morgan fingerprint density at radius 3 is 2.86 bits per heavy atom. The van der Waals surface area contributed by atoms with E-state index >= 15 is 0 Å². The van der Waals surface area contributed by atoms with Crippen LogP contribution in [0.4, 0.5) is 5.69 Å². The minimum Gasteiger partial charge on any atom is -0.504 e. The van der Waals surface area contributed by atoms with Crippen LogP contribution in [0.15, 0.2) is 46.0 Å². The second kappa shape index (κ2) is 6.95. The molecule has 0 saturated carbocycles. The van der Waals surface area contributed by atoms with Crippen LogP contribution < -0.4 is 15.9 Å². The number of nitrogens with one attached hydrogen (secondary N) is 1. The standard InChI is InChI=1S/C15H14BrN3O3/c1-22-13-7-11(16)5-10(14(13)20)8-18-19-15(21)9-3-2-4-12(17)6-9/h2-8,20H,17H2,1H3,(H,19,21)/b18-8-. The Labute approximate surface area is 135 Å². The van der Waals surface area contributed by atoms with E-state index in [-0.39, 0.29) is 5.75 Å². The second-order valence-corrected chi connectivity index (χ2v) is 5.29. The van der Waals surface area contributed by atoms with Gasteiger partial charge in [0.05, 0.1) is 13.3 Å². The predicted molar refractivity (Wildman–Crippen MR) is 88.3 cm³/mol. The van der Waals surface area contributed by atoms with Crippen molar-refractivity contribution < 1.29 is 14.6 Å². The summed E-state index contributed by atoms with van der Waals surface area (Å²) in [5.41, 5.74) is 9.27. The first kappa shape index (κ1) is 15.8. The lowest BCUT2D eigenvalue weighted by Crippen LogP contribution is -2.17. The zero-order valence-electron chi connectivity index (χ0n) is 11.7. The summed E-state index contributed by atoms with van der Waals surface area (Å²) in [5.74, 6) is -0.157. The second-order valence-electron chi connectivity index (χ2n) is 4.37. The molecule has 6 nitrogen and oxygen atoms in total. The number of halogens is 1. The van der Waals surface area contributed by atoms with Crippen molar-refractivity contribution in [1.29, 1.82) is 0 Å². The van der Waals surface area contributed by atoms with Crippen LogP contribution in [0, 0.1) is 0 Å². The van der Waals surface area contributed by atoms with Crippen LogP contribution in [-0.2, 0) is 0 Å². The molecule has 0 aliphatic rings. The van der Waals surface area contributed by atoms with Gasteiger partial charge < -0.3 is 15.6 Å². The van der Waals surface area contributed by atoms with Crippen LogP contribution in [0.1, 0.15) is 15.9 Å². The third-order valence-corrected chi connectivity index (χ3v) is 3.27. The highest BCUT2D eigenvalue weighted by Crippen LogP contribution is 2.32. The van der Waals surface area contributed by atoms with Gasteiger partial charge >= 0.3 is 0 Å². The summed E-state index contributed by atoms with van der Waals surface area (Å²) in [6.07, 6.45) is 1.33. The van der Waals surface area contributed by atoms with Gasteiger partial charge in [-0.05, 0) is 30.3 Å². The Kier molecular flexibility index (Phi) is 5.00. The predicted octanol–water partition coefficient (Wildman–Crippen LogP) is 2.51. The summed E-state index contributed by atoms with van der Waals surface area (Å²) in [5, 5.41) is 13.8. The maximum Gasteiger partial charge on any atom is 0.271 e. The number of phenols is 1. The molecule has 0 unspecified atom stereocenters. The lowest BCUT2D eigenvalue weighted by Gasteiger charge is -2.06. The molecular formula is C15H14BrN3O3. The fourth-order valence-corrected chi connectivity index (χ4v) is 2.21. The van der Waals surface area contributed by atoms with Crippen LogP contribution in [0.2, 0.25) is 0 Å². The van der Waals surface area contributed by atoms with Crippen LogP contribution in [0.25, 0.3) is 0 Å². The Hall–Kier alpha value is -2.54. The number of nitrogen functional groups attached to an aromatic ring is 1. The summed E-state index contributed by atoms with van der Waals surface area (Å²) in [6.45, 7) is 0. The highest BCUT2D eigenvalue weighted by atomic mass is 79.9. The van der Waals surface area contributed by atoms with Crippen molar-refractivity contribution in [3.8, 4) is 11.5 Å². The number of rotatable bonds is 4. The molecule has 114 valence electrons. The fraction of sp³-hybridized carbons (Fsp3) is 0.0667. The summed E-state index contributed by atoms with van der Waals surface area (Å²) < 4.78 is 5.75. The average molecular weight is 364 g/mol. The molecule has 0 fully saturated rings. The molecule has 1 amide bonds. The number of hydrazone groups is 1. The maximum atomic E-state index is 11.9. The summed E-state index contributed by atoms with van der Waals surface area (Å²) in [6, 6.07) is 9.81. The average Bonchev–Trinajstić information content (AvgIpc) is 2.50. The van der Waals surface area contributed by atoms with E-state index in [1.165, 1.54) is 13.3 Å². The molecule has 0 bridgehead atoms. The molecule has 7 heteroatoms. The third-order valence-electron chi connectivity index (χ3n) is 2.81. The number of phenolic OH excluding ortho intramolecular Hbond substituents is 1. The number of carbonyl (C=O) groups excluding carboxylic acids is 1. The van der Waals surface area contributed by atoms with Crippen LogP contribution in [-0.4, -0.2) is 24.3 Å². The van der Waals surface area contributed by atoms with Crippen molar-refractivity contribution >= 4 is 33.7 Å². The summed E-state index contributed by atoms with van der Waals surface area (Å²) >= 11 is 3.30. The number of methoxy groups -OCH3 is 1. The number of benzene rings is 2. The van der Waals surface area contributed by atoms with Gasteiger partial charge in [-0.15, -0.1) is 0 Å². The number of hydrogen-bond donors (Lipinski definition) is 3. The molecule has 0 aromatic heterocycles. The fourth-order valence-electron chi connectivity index (χ4n) is 1.75. The molecule has 4 N–H and O–H groups in total. The monoisotopic (exact) mass is 363 g/mol. The Morgan fingerprint density at radius 1 is 1.41 bits per heavy atom. The van der Waals surface area contributed by atoms with E-state index in [0.717, 1.165) is 0 Å². The van der Waals surface area contributed by atoms with E-state index in [9.17, 15) is 9.90 Å². The highest BCUT2D eigenvalue weighted by Gasteiger charge is 2.08. The maximum absolute atomic E-state index is 11.9. The van der Waals surface area contributed by atoms with E-state index < -0.39 is 5.91 Å². The molecule has 2 aromatic carbocycles. The van der Waals surface area contributed by atoms with E-state index in [4.69, 9.17) is 10.5 Å². The van der Waals surface area contributed by atoms with Crippen LogP contribution >= 0.6 is 15.9 Å². The van der Waals surface area contributed by atoms with Crippen molar-refractivity contribution in [3.63, 3.8) is 0 Å². The minimum atomic E-state index is -0.398. The number of anilines is 1. The quantitative estimate of drug-likeness (QED) is 0.441. The van der Waals surface area contributed by atoms with E-state index in [1.54, 1.807) is 36.4 Å². The smallest absolute Gasteiger partial charge is 0.271 e. The lowest BCUT2D eigenvalue weighted by atomic mass is 10.2. The first-order chi connectivity index (χ1) is 10.5. The van der Waals surface area contributed by atoms with Crippen LogP contribution in [0.5, 0.6) is 11.5 Å². The highest BCUT2D eigenvalue weighted by molar-refractivity contribution is 9.10. The molecule has 0 radical (unpaired) electrons. The number of ether oxygens (including phenoxy) is 1. The van der Waals surface area contributed by atoms with Crippen molar-refractivity contribution in [2.24, 2.45) is 5.10 Å². The summed E-state index contributed by atoms with van der Waals surface area (Å²) in [4.78, 5) is 11.9. The number of hydrogen-bond acceptors (Lipinski definition) is 5. The molecule has 2 rings (SSSR count). The number of nitrogens with zero attached hydrogens (tertiary/aromatic N) is 1. The van der Waals surface area contributed by atoms with Crippen molar-refractivity contribution in [3.05, 3.63) is 52.0 Å². The first-order valence-electron chi connectivity index (χ1n) is 6.26. The first-order valence-corrected chi connectivity index (χ1v) is 7.06. The Balaban J connectivity index is 2.13. The Morgan fingerprint density at radius 2 is 2.18 bits per heavy atom. The lowest BCUT2D eigenvalue weighted by molar-refractivity contribution is 0.0955. The third kappa shape index (κ3) is 3.76. The van der Waals surface area contributed by atoms with Crippen molar-refractivity contribution in [1.82, 2.24) is 5.43 Å². The minimum absolute atomic E-state index is 0.0624. The number of nitrogens with two attached hydrogens (primary N) is 1. The summed E-state index contributed by atoms with van der Waals surface area (Å²) in [7, 11) is 1.45. The number of amides is 1. The van der Waals surface area contributed by atoms with Gasteiger partial charge in [0.15, 0.2) is 11.5 Å². The molecule has 0 spiro atoms.